The highest BCUT2D eigenvalue weighted by Gasteiger charge is 2.21. The summed E-state index contributed by atoms with van der Waals surface area (Å²) in [5.41, 5.74) is 4.54. The van der Waals surface area contributed by atoms with Gasteiger partial charge < -0.3 is 15.0 Å². The van der Waals surface area contributed by atoms with Gasteiger partial charge in [0.25, 0.3) is 0 Å². The summed E-state index contributed by atoms with van der Waals surface area (Å²) in [6.45, 7) is 6.01. The van der Waals surface area contributed by atoms with Crippen molar-refractivity contribution in [3.63, 3.8) is 0 Å². The van der Waals surface area contributed by atoms with Crippen molar-refractivity contribution >= 4 is 39.4 Å². The maximum absolute atomic E-state index is 5.59. The average Bonchev–Trinajstić information content (AvgIpc) is 3.53. The first kappa shape index (κ1) is 21.3. The van der Waals surface area contributed by atoms with Crippen LogP contribution in [0.4, 0.5) is 17.5 Å². The summed E-state index contributed by atoms with van der Waals surface area (Å²) in [6, 6.07) is 18.0. The first-order valence-electron chi connectivity index (χ1n) is 11.9. The number of aromatic nitrogens is 5. The molecular formula is C27H27N7O. The number of nitrogens with zero attached hydrogens (tertiary/aromatic N) is 6. The molecule has 0 bridgehead atoms. The zero-order valence-corrected chi connectivity index (χ0v) is 20.1. The minimum atomic E-state index is 0.714. The van der Waals surface area contributed by atoms with Crippen LogP contribution < -0.4 is 15.0 Å². The molecule has 0 unspecified atom stereocenters. The standard InChI is InChI=1S/C27H27N7O/c1-17-15-23(30-25-19(17)9-8-12-22(25)35-3)34-24(16-18(2)32-34)31-26-27(33-13-6-7-14-33)29-21-11-5-4-10-20(21)28-26/h4-5,8-12,15-16H,6-7,13-14H2,1-3H3,(H,28,31). The van der Waals surface area contributed by atoms with Gasteiger partial charge in [0.1, 0.15) is 17.1 Å². The lowest BCUT2D eigenvalue weighted by Crippen LogP contribution is -2.21. The van der Waals surface area contributed by atoms with Gasteiger partial charge in [-0.1, -0.05) is 24.3 Å². The van der Waals surface area contributed by atoms with Crippen LogP contribution in [0.2, 0.25) is 0 Å². The van der Waals surface area contributed by atoms with E-state index in [1.807, 2.05) is 60.1 Å². The number of nitrogens with one attached hydrogen (secondary N) is 1. The Morgan fingerprint density at radius 3 is 2.43 bits per heavy atom. The van der Waals surface area contributed by atoms with Gasteiger partial charge in [0.2, 0.25) is 0 Å². The molecule has 176 valence electrons. The van der Waals surface area contributed by atoms with E-state index in [4.69, 9.17) is 24.8 Å². The van der Waals surface area contributed by atoms with E-state index < -0.39 is 0 Å². The Bertz CT molecular complexity index is 1550. The molecule has 8 heteroatoms. The van der Waals surface area contributed by atoms with Crippen LogP contribution in [0.25, 0.3) is 27.8 Å². The number of hydrogen-bond acceptors (Lipinski definition) is 7. The van der Waals surface area contributed by atoms with E-state index >= 15 is 0 Å². The van der Waals surface area contributed by atoms with Crippen molar-refractivity contribution in [1.29, 1.82) is 0 Å². The fourth-order valence-electron chi connectivity index (χ4n) is 4.76. The van der Waals surface area contributed by atoms with Crippen molar-refractivity contribution in [2.24, 2.45) is 0 Å². The van der Waals surface area contributed by atoms with Gasteiger partial charge in [0.15, 0.2) is 17.5 Å². The number of pyridine rings is 1. The number of fused-ring (bicyclic) bond motifs is 2. The average molecular weight is 466 g/mol. The Kier molecular flexibility index (Phi) is 5.21. The van der Waals surface area contributed by atoms with Crippen LogP contribution in [-0.2, 0) is 0 Å². The normalized spacial score (nSPS) is 13.6. The molecular weight excluding hydrogens is 438 g/mol. The van der Waals surface area contributed by atoms with E-state index in [-0.39, 0.29) is 0 Å². The highest BCUT2D eigenvalue weighted by atomic mass is 16.5. The van der Waals surface area contributed by atoms with Crippen LogP contribution in [0.1, 0.15) is 24.1 Å². The second kappa shape index (κ2) is 8.54. The van der Waals surface area contributed by atoms with Crippen molar-refractivity contribution in [3.8, 4) is 11.6 Å². The van der Waals surface area contributed by atoms with Crippen molar-refractivity contribution in [1.82, 2.24) is 24.7 Å². The van der Waals surface area contributed by atoms with Crippen LogP contribution in [-0.4, -0.2) is 44.9 Å². The number of methoxy groups -OCH3 is 1. The summed E-state index contributed by atoms with van der Waals surface area (Å²) < 4.78 is 7.42. The lowest BCUT2D eigenvalue weighted by atomic mass is 10.1. The number of ether oxygens (including phenoxy) is 1. The maximum atomic E-state index is 5.59. The highest BCUT2D eigenvalue weighted by Crippen LogP contribution is 2.32. The lowest BCUT2D eigenvalue weighted by Gasteiger charge is -2.21. The second-order valence-electron chi connectivity index (χ2n) is 8.94. The third-order valence-corrected chi connectivity index (χ3v) is 6.47. The molecule has 6 rings (SSSR count). The molecule has 1 saturated heterocycles. The monoisotopic (exact) mass is 465 g/mol. The molecule has 0 spiro atoms. The van der Waals surface area contributed by atoms with Crippen molar-refractivity contribution in [3.05, 3.63) is 65.9 Å². The number of aryl methyl sites for hydroxylation is 2. The van der Waals surface area contributed by atoms with E-state index in [1.165, 1.54) is 0 Å². The number of benzene rings is 2. The van der Waals surface area contributed by atoms with Gasteiger partial charge in [-0.25, -0.2) is 15.0 Å². The van der Waals surface area contributed by atoms with Crippen LogP contribution in [0, 0.1) is 13.8 Å². The zero-order valence-electron chi connectivity index (χ0n) is 20.1. The maximum Gasteiger partial charge on any atom is 0.175 e. The molecule has 2 aromatic carbocycles. The van der Waals surface area contributed by atoms with Gasteiger partial charge in [-0.2, -0.15) is 9.78 Å². The minimum Gasteiger partial charge on any atom is -0.494 e. The van der Waals surface area contributed by atoms with E-state index in [0.29, 0.717) is 5.82 Å². The predicted octanol–water partition coefficient (Wildman–Crippen LogP) is 5.33. The first-order valence-corrected chi connectivity index (χ1v) is 11.9. The Morgan fingerprint density at radius 1 is 0.886 bits per heavy atom. The predicted molar refractivity (Wildman–Crippen MR) is 139 cm³/mol. The van der Waals surface area contributed by atoms with E-state index in [2.05, 4.69) is 23.2 Å². The van der Waals surface area contributed by atoms with Gasteiger partial charge in [0.05, 0.1) is 23.8 Å². The third-order valence-electron chi connectivity index (χ3n) is 6.47. The largest absolute Gasteiger partial charge is 0.494 e. The smallest absolute Gasteiger partial charge is 0.175 e. The fourth-order valence-corrected chi connectivity index (χ4v) is 4.76. The Hall–Kier alpha value is -4.20. The molecule has 4 heterocycles. The van der Waals surface area contributed by atoms with Crippen molar-refractivity contribution in [2.45, 2.75) is 26.7 Å². The fraction of sp³-hybridized carbons (Fsp3) is 0.259. The second-order valence-corrected chi connectivity index (χ2v) is 8.94. The molecule has 0 aliphatic carbocycles. The summed E-state index contributed by atoms with van der Waals surface area (Å²) in [5, 5.41) is 9.36. The van der Waals surface area contributed by atoms with E-state index in [1.54, 1.807) is 7.11 Å². The van der Waals surface area contributed by atoms with Crippen LogP contribution >= 0.6 is 0 Å². The summed E-state index contributed by atoms with van der Waals surface area (Å²) in [5.74, 6) is 3.83. The number of rotatable bonds is 5. The summed E-state index contributed by atoms with van der Waals surface area (Å²) in [7, 11) is 1.67. The molecule has 3 aromatic heterocycles. The quantitative estimate of drug-likeness (QED) is 0.376. The Balaban J connectivity index is 1.48. The SMILES string of the molecule is COc1cccc2c(C)cc(-n3nc(C)cc3Nc3nc4ccccc4nc3N3CCCC3)nc12. The molecule has 5 aromatic rings. The van der Waals surface area contributed by atoms with Gasteiger partial charge in [-0.05, 0) is 56.5 Å². The highest BCUT2D eigenvalue weighted by molar-refractivity contribution is 5.88. The molecule has 1 aliphatic heterocycles. The van der Waals surface area contributed by atoms with Crippen molar-refractivity contribution in [2.75, 3.05) is 30.4 Å². The lowest BCUT2D eigenvalue weighted by molar-refractivity contribution is 0.419. The van der Waals surface area contributed by atoms with E-state index in [0.717, 1.165) is 82.3 Å². The van der Waals surface area contributed by atoms with Gasteiger partial charge in [-0.3, -0.25) is 0 Å². The molecule has 35 heavy (non-hydrogen) atoms. The third kappa shape index (κ3) is 3.80. The van der Waals surface area contributed by atoms with Crippen LogP contribution in [0.5, 0.6) is 5.75 Å². The molecule has 8 nitrogen and oxygen atoms in total. The van der Waals surface area contributed by atoms with Gasteiger partial charge >= 0.3 is 0 Å². The number of hydrogen-bond donors (Lipinski definition) is 1. The molecule has 1 aliphatic rings. The van der Waals surface area contributed by atoms with Crippen LogP contribution in [0.15, 0.2) is 54.6 Å². The minimum absolute atomic E-state index is 0.714. The van der Waals surface area contributed by atoms with E-state index in [9.17, 15) is 0 Å². The molecule has 1 N–H and O–H groups in total. The first-order chi connectivity index (χ1) is 17.1. The molecule has 0 amide bonds. The summed E-state index contributed by atoms with van der Waals surface area (Å²) in [4.78, 5) is 17.2. The molecule has 1 fully saturated rings. The summed E-state index contributed by atoms with van der Waals surface area (Å²) >= 11 is 0. The molecule has 0 radical (unpaired) electrons. The number of anilines is 3. The molecule has 0 saturated carbocycles. The number of para-hydroxylation sites is 3. The van der Waals surface area contributed by atoms with Gasteiger partial charge in [0, 0.05) is 24.5 Å². The molecule has 0 atom stereocenters. The van der Waals surface area contributed by atoms with Crippen LogP contribution in [0.3, 0.4) is 0 Å². The van der Waals surface area contributed by atoms with Crippen molar-refractivity contribution < 1.29 is 4.74 Å². The zero-order chi connectivity index (χ0) is 23.9. The Morgan fingerprint density at radius 2 is 1.66 bits per heavy atom. The van der Waals surface area contributed by atoms with Gasteiger partial charge in [-0.15, -0.1) is 0 Å². The summed E-state index contributed by atoms with van der Waals surface area (Å²) in [6.07, 6.45) is 2.32. The Labute approximate surface area is 203 Å². The topological polar surface area (TPSA) is 81.0 Å².